The highest BCUT2D eigenvalue weighted by Crippen LogP contribution is 2.32. The van der Waals surface area contributed by atoms with Crippen molar-refractivity contribution in [2.24, 2.45) is 0 Å². The third-order valence-corrected chi connectivity index (χ3v) is 8.62. The van der Waals surface area contributed by atoms with Gasteiger partial charge in [0, 0.05) is 13.1 Å². The Morgan fingerprint density at radius 2 is 1.68 bits per heavy atom. The van der Waals surface area contributed by atoms with E-state index in [-0.39, 0.29) is 28.1 Å². The number of likely N-dealkylation sites (N-methyl/N-ethyl adjacent to an activating group) is 1. The molecule has 0 unspecified atom stereocenters. The summed E-state index contributed by atoms with van der Waals surface area (Å²) in [6.45, 7) is 5.32. The van der Waals surface area contributed by atoms with Crippen LogP contribution < -0.4 is 19.1 Å². The van der Waals surface area contributed by atoms with Crippen molar-refractivity contribution < 1.29 is 27.5 Å². The van der Waals surface area contributed by atoms with Gasteiger partial charge in [-0.3, -0.25) is 13.9 Å². The van der Waals surface area contributed by atoms with Gasteiger partial charge in [-0.2, -0.15) is 0 Å². The first-order chi connectivity index (χ1) is 19.5. The van der Waals surface area contributed by atoms with E-state index in [2.05, 4.69) is 5.32 Å². The number of halogens is 1. The van der Waals surface area contributed by atoms with E-state index in [0.29, 0.717) is 24.5 Å². The highest BCUT2D eigenvalue weighted by atomic mass is 35.5. The molecule has 0 saturated carbocycles. The molecule has 0 spiro atoms. The van der Waals surface area contributed by atoms with Crippen molar-refractivity contribution in [1.29, 1.82) is 0 Å². The normalized spacial score (nSPS) is 11.9. The highest BCUT2D eigenvalue weighted by Gasteiger charge is 2.34. The minimum Gasteiger partial charge on any atom is -0.497 e. The standard InChI is InChI=1S/C30H36ClN3O6S/c1-6-27(30(36)32-7-2)33(19-22-9-8-10-24(17-22)39-4)29(35)20-34(23-13-16-28(40-5)26(31)18-23)41(37,38)25-14-11-21(3)12-15-25/h8-18,27H,6-7,19-20H2,1-5H3,(H,32,36)/t27-/m0/s1. The van der Waals surface area contributed by atoms with E-state index in [1.54, 1.807) is 51.3 Å². The third kappa shape index (κ3) is 7.71. The Hall–Kier alpha value is -3.76. The maximum atomic E-state index is 14.1. The van der Waals surface area contributed by atoms with Crippen LogP contribution in [0.15, 0.2) is 71.6 Å². The number of hydrogen-bond donors (Lipinski definition) is 1. The SMILES string of the molecule is CCNC(=O)[C@H](CC)N(Cc1cccc(OC)c1)C(=O)CN(c1ccc(OC)c(Cl)c1)S(=O)(=O)c1ccc(C)cc1. The molecule has 2 amide bonds. The Balaban J connectivity index is 2.10. The summed E-state index contributed by atoms with van der Waals surface area (Å²) in [5.74, 6) is 0.0639. The number of nitrogens with zero attached hydrogens (tertiary/aromatic N) is 2. The summed E-state index contributed by atoms with van der Waals surface area (Å²) >= 11 is 6.37. The van der Waals surface area contributed by atoms with Crippen molar-refractivity contribution in [2.45, 2.75) is 44.7 Å². The predicted molar refractivity (Wildman–Crippen MR) is 160 cm³/mol. The van der Waals surface area contributed by atoms with Crippen molar-refractivity contribution in [3.05, 3.63) is 82.9 Å². The average molecular weight is 602 g/mol. The number of sulfonamides is 1. The summed E-state index contributed by atoms with van der Waals surface area (Å²) in [4.78, 5) is 28.6. The first-order valence-corrected chi connectivity index (χ1v) is 15.0. The summed E-state index contributed by atoms with van der Waals surface area (Å²) in [6, 6.07) is 17.2. The molecule has 11 heteroatoms. The molecule has 1 N–H and O–H groups in total. The summed E-state index contributed by atoms with van der Waals surface area (Å²) in [5.41, 5.74) is 1.79. The van der Waals surface area contributed by atoms with Crippen LogP contribution in [0.2, 0.25) is 5.02 Å². The molecule has 220 valence electrons. The van der Waals surface area contributed by atoms with E-state index in [1.165, 1.54) is 42.3 Å². The van der Waals surface area contributed by atoms with Crippen molar-refractivity contribution in [3.63, 3.8) is 0 Å². The van der Waals surface area contributed by atoms with E-state index in [1.807, 2.05) is 13.0 Å². The van der Waals surface area contributed by atoms with Crippen molar-refractivity contribution >= 4 is 39.1 Å². The van der Waals surface area contributed by atoms with Gasteiger partial charge in [-0.15, -0.1) is 0 Å². The minimum atomic E-state index is -4.22. The zero-order chi connectivity index (χ0) is 30.2. The van der Waals surface area contributed by atoms with Gasteiger partial charge in [-0.05, 0) is 68.3 Å². The van der Waals surface area contributed by atoms with E-state index in [4.69, 9.17) is 21.1 Å². The van der Waals surface area contributed by atoms with E-state index >= 15 is 0 Å². The van der Waals surface area contributed by atoms with Crippen LogP contribution in [0, 0.1) is 6.92 Å². The number of methoxy groups -OCH3 is 2. The molecule has 3 aromatic carbocycles. The van der Waals surface area contributed by atoms with Gasteiger partial charge in [-0.25, -0.2) is 8.42 Å². The third-order valence-electron chi connectivity index (χ3n) is 6.54. The first-order valence-electron chi connectivity index (χ1n) is 13.2. The van der Waals surface area contributed by atoms with Gasteiger partial charge in [0.2, 0.25) is 11.8 Å². The predicted octanol–water partition coefficient (Wildman–Crippen LogP) is 4.80. The molecule has 0 bridgehead atoms. The lowest BCUT2D eigenvalue weighted by Crippen LogP contribution is -2.52. The van der Waals surface area contributed by atoms with Crippen LogP contribution in [0.25, 0.3) is 0 Å². The minimum absolute atomic E-state index is 0.0120. The lowest BCUT2D eigenvalue weighted by atomic mass is 10.1. The molecule has 41 heavy (non-hydrogen) atoms. The van der Waals surface area contributed by atoms with Crippen molar-refractivity contribution in [2.75, 3.05) is 31.6 Å². The number of carbonyl (C=O) groups is 2. The fraction of sp³-hybridized carbons (Fsp3) is 0.333. The molecule has 0 aliphatic rings. The van der Waals surface area contributed by atoms with Crippen LogP contribution in [0.4, 0.5) is 5.69 Å². The van der Waals surface area contributed by atoms with Crippen LogP contribution in [0.1, 0.15) is 31.4 Å². The maximum Gasteiger partial charge on any atom is 0.264 e. The van der Waals surface area contributed by atoms with Gasteiger partial charge in [0.15, 0.2) is 0 Å². The van der Waals surface area contributed by atoms with Crippen LogP contribution in [-0.2, 0) is 26.2 Å². The molecule has 9 nitrogen and oxygen atoms in total. The average Bonchev–Trinajstić information content (AvgIpc) is 2.96. The summed E-state index contributed by atoms with van der Waals surface area (Å²) < 4.78 is 39.5. The lowest BCUT2D eigenvalue weighted by molar-refractivity contribution is -0.140. The summed E-state index contributed by atoms with van der Waals surface area (Å²) in [6.07, 6.45) is 0.320. The number of ether oxygens (including phenoxy) is 2. The Bertz CT molecular complexity index is 1460. The second kappa shape index (κ2) is 14.2. The number of nitrogens with one attached hydrogen (secondary N) is 1. The molecule has 0 saturated heterocycles. The zero-order valence-electron chi connectivity index (χ0n) is 23.9. The second-order valence-corrected chi connectivity index (χ2v) is 11.6. The molecular weight excluding hydrogens is 566 g/mol. The van der Waals surface area contributed by atoms with Crippen molar-refractivity contribution in [3.8, 4) is 11.5 Å². The number of carbonyl (C=O) groups excluding carboxylic acids is 2. The Labute approximate surface area is 247 Å². The molecule has 0 radical (unpaired) electrons. The molecule has 0 heterocycles. The van der Waals surface area contributed by atoms with Crippen molar-refractivity contribution in [1.82, 2.24) is 10.2 Å². The monoisotopic (exact) mass is 601 g/mol. The fourth-order valence-electron chi connectivity index (χ4n) is 4.36. The molecule has 1 atom stereocenters. The van der Waals surface area contributed by atoms with E-state index < -0.39 is 28.5 Å². The second-order valence-electron chi connectivity index (χ2n) is 9.34. The Morgan fingerprint density at radius 1 is 0.976 bits per heavy atom. The van der Waals surface area contributed by atoms with Gasteiger partial charge in [0.05, 0.1) is 29.8 Å². The number of hydrogen-bond acceptors (Lipinski definition) is 6. The molecule has 0 aromatic heterocycles. The maximum absolute atomic E-state index is 14.1. The summed E-state index contributed by atoms with van der Waals surface area (Å²) in [7, 11) is -1.22. The molecule has 0 fully saturated rings. The Kier molecular flexibility index (Phi) is 11.0. The van der Waals surface area contributed by atoms with E-state index in [0.717, 1.165) is 15.4 Å². The topological polar surface area (TPSA) is 105 Å². The van der Waals surface area contributed by atoms with Gasteiger partial charge < -0.3 is 19.7 Å². The van der Waals surface area contributed by atoms with Gasteiger partial charge >= 0.3 is 0 Å². The van der Waals surface area contributed by atoms with E-state index in [9.17, 15) is 18.0 Å². The molecule has 3 rings (SSSR count). The smallest absolute Gasteiger partial charge is 0.264 e. The molecule has 0 aliphatic heterocycles. The van der Waals surface area contributed by atoms with Crippen LogP contribution in [-0.4, -0.2) is 58.5 Å². The number of aryl methyl sites for hydroxylation is 1. The zero-order valence-corrected chi connectivity index (χ0v) is 25.5. The van der Waals surface area contributed by atoms with Gasteiger partial charge in [0.1, 0.15) is 24.1 Å². The molecule has 3 aromatic rings. The highest BCUT2D eigenvalue weighted by molar-refractivity contribution is 7.92. The first kappa shape index (κ1) is 31.8. The van der Waals surface area contributed by atoms with Crippen LogP contribution in [0.5, 0.6) is 11.5 Å². The van der Waals surface area contributed by atoms with Crippen LogP contribution in [0.3, 0.4) is 0 Å². The van der Waals surface area contributed by atoms with Gasteiger partial charge in [0.25, 0.3) is 10.0 Å². The number of rotatable bonds is 13. The van der Waals surface area contributed by atoms with Crippen LogP contribution >= 0.6 is 11.6 Å². The quantitative estimate of drug-likeness (QED) is 0.302. The Morgan fingerprint density at radius 3 is 2.27 bits per heavy atom. The lowest BCUT2D eigenvalue weighted by Gasteiger charge is -2.33. The molecule has 0 aliphatic carbocycles. The summed E-state index contributed by atoms with van der Waals surface area (Å²) in [5, 5.41) is 2.97. The number of benzene rings is 3. The van der Waals surface area contributed by atoms with Gasteiger partial charge in [-0.1, -0.05) is 48.4 Å². The number of amides is 2. The number of anilines is 1. The molecular formula is C30H36ClN3O6S. The largest absolute Gasteiger partial charge is 0.497 e. The fourth-order valence-corrected chi connectivity index (χ4v) is 6.01.